The summed E-state index contributed by atoms with van der Waals surface area (Å²) < 4.78 is 2.80. The molecule has 0 spiro atoms. The van der Waals surface area contributed by atoms with E-state index in [0.29, 0.717) is 0 Å². The minimum absolute atomic E-state index is 0.730. The van der Waals surface area contributed by atoms with Gasteiger partial charge in [-0.3, -0.25) is 0 Å². The fourth-order valence-electron chi connectivity index (χ4n) is 2.13. The molecule has 0 aliphatic rings. The van der Waals surface area contributed by atoms with Crippen molar-refractivity contribution in [3.63, 3.8) is 0 Å². The van der Waals surface area contributed by atoms with E-state index in [1.54, 1.807) is 4.68 Å². The zero-order valence-corrected chi connectivity index (χ0v) is 12.6. The van der Waals surface area contributed by atoms with Gasteiger partial charge >= 0.3 is 0 Å². The van der Waals surface area contributed by atoms with Crippen LogP contribution in [0.1, 0.15) is 11.1 Å². The SMILES string of the molecule is Cn1nnc2c(Cc3ccc(Cl)cc3Br)cccc21. The zero-order valence-electron chi connectivity index (χ0n) is 10.3. The lowest BCUT2D eigenvalue weighted by Crippen LogP contribution is -1.92. The third-order valence-electron chi connectivity index (χ3n) is 3.12. The predicted octanol–water partition coefficient (Wildman–Crippen LogP) is 3.98. The van der Waals surface area contributed by atoms with Crippen molar-refractivity contribution in [2.45, 2.75) is 6.42 Å². The molecule has 2 aromatic carbocycles. The van der Waals surface area contributed by atoms with Gasteiger partial charge in [-0.05, 0) is 29.3 Å². The molecule has 0 saturated carbocycles. The lowest BCUT2D eigenvalue weighted by molar-refractivity contribution is 0.736. The summed E-state index contributed by atoms with van der Waals surface area (Å²) in [7, 11) is 1.90. The predicted molar refractivity (Wildman–Crippen MR) is 80.5 cm³/mol. The fraction of sp³-hybridized carbons (Fsp3) is 0.143. The van der Waals surface area contributed by atoms with E-state index < -0.39 is 0 Å². The Kier molecular flexibility index (Phi) is 3.29. The maximum atomic E-state index is 5.96. The van der Waals surface area contributed by atoms with Crippen molar-refractivity contribution in [1.29, 1.82) is 0 Å². The Hall–Kier alpha value is -1.39. The van der Waals surface area contributed by atoms with Gasteiger partial charge in [0.15, 0.2) is 0 Å². The minimum Gasteiger partial charge on any atom is -0.248 e. The molecule has 3 rings (SSSR count). The molecular weight excluding hydrogens is 326 g/mol. The molecule has 5 heteroatoms. The normalized spacial score (nSPS) is 11.1. The quantitative estimate of drug-likeness (QED) is 0.709. The highest BCUT2D eigenvalue weighted by molar-refractivity contribution is 9.10. The van der Waals surface area contributed by atoms with Gasteiger partial charge in [-0.2, -0.15) is 0 Å². The van der Waals surface area contributed by atoms with Crippen molar-refractivity contribution < 1.29 is 0 Å². The first-order chi connectivity index (χ1) is 9.15. The number of halogens is 2. The number of rotatable bonds is 2. The summed E-state index contributed by atoms with van der Waals surface area (Å²) in [6.07, 6.45) is 0.799. The van der Waals surface area contributed by atoms with Gasteiger partial charge in [0.1, 0.15) is 5.52 Å². The first kappa shape index (κ1) is 12.6. The second-order valence-corrected chi connectivity index (χ2v) is 5.70. The van der Waals surface area contributed by atoms with Crippen LogP contribution in [-0.2, 0) is 13.5 Å². The molecule has 0 radical (unpaired) electrons. The standard InChI is InChI=1S/C14H11BrClN3/c1-19-13-4-2-3-10(14(13)17-18-19)7-9-5-6-11(16)8-12(9)15/h2-6,8H,7H2,1H3. The molecule has 0 N–H and O–H groups in total. The van der Waals surface area contributed by atoms with Crippen molar-refractivity contribution in [2.75, 3.05) is 0 Å². The van der Waals surface area contributed by atoms with Gasteiger partial charge in [0.2, 0.25) is 0 Å². The van der Waals surface area contributed by atoms with E-state index in [-0.39, 0.29) is 0 Å². The van der Waals surface area contributed by atoms with Crippen LogP contribution in [0.15, 0.2) is 40.9 Å². The molecule has 1 aromatic heterocycles. The lowest BCUT2D eigenvalue weighted by Gasteiger charge is -2.06. The largest absolute Gasteiger partial charge is 0.248 e. The highest BCUT2D eigenvalue weighted by Gasteiger charge is 2.09. The van der Waals surface area contributed by atoms with Crippen LogP contribution in [0.4, 0.5) is 0 Å². The molecule has 0 amide bonds. The molecule has 0 aliphatic carbocycles. The summed E-state index contributed by atoms with van der Waals surface area (Å²) in [4.78, 5) is 0. The first-order valence-electron chi connectivity index (χ1n) is 5.86. The zero-order chi connectivity index (χ0) is 13.4. The van der Waals surface area contributed by atoms with Gasteiger partial charge in [0, 0.05) is 23.0 Å². The fourth-order valence-corrected chi connectivity index (χ4v) is 2.95. The molecule has 0 saturated heterocycles. The summed E-state index contributed by atoms with van der Waals surface area (Å²) in [5, 5.41) is 9.03. The van der Waals surface area contributed by atoms with Gasteiger partial charge in [-0.15, -0.1) is 5.10 Å². The molecule has 0 bridgehead atoms. The van der Waals surface area contributed by atoms with Crippen molar-refractivity contribution in [3.05, 3.63) is 57.0 Å². The number of benzene rings is 2. The molecule has 0 fully saturated rings. The Morgan fingerprint density at radius 2 is 2.05 bits per heavy atom. The van der Waals surface area contributed by atoms with Crippen LogP contribution in [0, 0.1) is 0 Å². The summed E-state index contributed by atoms with van der Waals surface area (Å²) in [6.45, 7) is 0. The number of aromatic nitrogens is 3. The molecule has 96 valence electrons. The molecule has 0 unspecified atom stereocenters. The first-order valence-corrected chi connectivity index (χ1v) is 7.03. The Morgan fingerprint density at radius 1 is 1.21 bits per heavy atom. The van der Waals surface area contributed by atoms with Crippen molar-refractivity contribution >= 4 is 38.6 Å². The van der Waals surface area contributed by atoms with Crippen LogP contribution in [0.5, 0.6) is 0 Å². The number of nitrogens with zero attached hydrogens (tertiary/aromatic N) is 3. The smallest absolute Gasteiger partial charge is 0.116 e. The van der Waals surface area contributed by atoms with Crippen LogP contribution in [0.3, 0.4) is 0 Å². The number of fused-ring (bicyclic) bond motifs is 1. The van der Waals surface area contributed by atoms with Gasteiger partial charge < -0.3 is 0 Å². The molecule has 0 atom stereocenters. The van der Waals surface area contributed by atoms with Crippen LogP contribution in [0.2, 0.25) is 5.02 Å². The average Bonchev–Trinajstić information content (AvgIpc) is 2.76. The van der Waals surface area contributed by atoms with Gasteiger partial charge in [0.25, 0.3) is 0 Å². The van der Waals surface area contributed by atoms with E-state index in [1.807, 2.05) is 37.4 Å². The summed E-state index contributed by atoms with van der Waals surface area (Å²) in [5.74, 6) is 0. The lowest BCUT2D eigenvalue weighted by atomic mass is 10.0. The third-order valence-corrected chi connectivity index (χ3v) is 4.10. The Balaban J connectivity index is 2.06. The molecule has 3 aromatic rings. The molecule has 1 heterocycles. The topological polar surface area (TPSA) is 30.7 Å². The second-order valence-electron chi connectivity index (χ2n) is 4.41. The minimum atomic E-state index is 0.730. The van der Waals surface area contributed by atoms with E-state index in [4.69, 9.17) is 11.6 Å². The van der Waals surface area contributed by atoms with Crippen LogP contribution in [0.25, 0.3) is 11.0 Å². The Bertz CT molecular complexity index is 752. The molecular formula is C14H11BrClN3. The average molecular weight is 337 g/mol. The second kappa shape index (κ2) is 4.94. The van der Waals surface area contributed by atoms with Gasteiger partial charge in [-0.25, -0.2) is 4.68 Å². The van der Waals surface area contributed by atoms with E-state index in [2.05, 4.69) is 32.3 Å². The van der Waals surface area contributed by atoms with Crippen molar-refractivity contribution in [1.82, 2.24) is 15.0 Å². The van der Waals surface area contributed by atoms with Crippen molar-refractivity contribution in [2.24, 2.45) is 7.05 Å². The summed E-state index contributed by atoms with van der Waals surface area (Å²) in [6, 6.07) is 12.0. The number of aryl methyl sites for hydroxylation is 1. The van der Waals surface area contributed by atoms with E-state index in [0.717, 1.165) is 32.5 Å². The van der Waals surface area contributed by atoms with Gasteiger partial charge in [0.05, 0.1) is 5.52 Å². The summed E-state index contributed by atoms with van der Waals surface area (Å²) >= 11 is 9.51. The molecule has 0 aliphatic heterocycles. The van der Waals surface area contributed by atoms with Crippen LogP contribution >= 0.6 is 27.5 Å². The van der Waals surface area contributed by atoms with E-state index in [1.165, 1.54) is 5.56 Å². The van der Waals surface area contributed by atoms with Gasteiger partial charge in [-0.1, -0.05) is 50.9 Å². The Labute approximate surface area is 124 Å². The molecule has 19 heavy (non-hydrogen) atoms. The third kappa shape index (κ3) is 2.38. The van der Waals surface area contributed by atoms with Crippen molar-refractivity contribution in [3.8, 4) is 0 Å². The van der Waals surface area contributed by atoms with E-state index >= 15 is 0 Å². The summed E-state index contributed by atoms with van der Waals surface area (Å²) in [5.41, 5.74) is 4.34. The molecule has 3 nitrogen and oxygen atoms in total. The monoisotopic (exact) mass is 335 g/mol. The Morgan fingerprint density at radius 3 is 2.84 bits per heavy atom. The van der Waals surface area contributed by atoms with Crippen LogP contribution in [-0.4, -0.2) is 15.0 Å². The van der Waals surface area contributed by atoms with Crippen LogP contribution < -0.4 is 0 Å². The number of hydrogen-bond acceptors (Lipinski definition) is 2. The maximum Gasteiger partial charge on any atom is 0.116 e. The van der Waals surface area contributed by atoms with E-state index in [9.17, 15) is 0 Å². The maximum absolute atomic E-state index is 5.96. The highest BCUT2D eigenvalue weighted by atomic mass is 79.9. The number of hydrogen-bond donors (Lipinski definition) is 0. The highest BCUT2D eigenvalue weighted by Crippen LogP contribution is 2.26.